The number of hydrogen-bond donors (Lipinski definition) is 3. The Morgan fingerprint density at radius 2 is 2.05 bits per heavy atom. The second kappa shape index (κ2) is 7.64. The Morgan fingerprint density at radius 1 is 1.35 bits per heavy atom. The molecule has 1 heterocycles. The lowest BCUT2D eigenvalue weighted by Crippen LogP contribution is -2.50. The fraction of sp³-hybridized carbons (Fsp3) is 0.462. The van der Waals surface area contributed by atoms with Gasteiger partial charge in [0.2, 0.25) is 5.91 Å². The highest BCUT2D eigenvalue weighted by atomic mass is 32.1. The van der Waals surface area contributed by atoms with Crippen LogP contribution in [0, 0.1) is 0 Å². The van der Waals surface area contributed by atoms with Crippen molar-refractivity contribution in [3.63, 3.8) is 0 Å². The highest BCUT2D eigenvalue weighted by Gasteiger charge is 2.23. The molecule has 20 heavy (non-hydrogen) atoms. The fourth-order valence-corrected chi connectivity index (χ4v) is 2.21. The summed E-state index contributed by atoms with van der Waals surface area (Å²) in [5.41, 5.74) is 0. The van der Waals surface area contributed by atoms with Gasteiger partial charge < -0.3 is 15.7 Å². The van der Waals surface area contributed by atoms with E-state index < -0.39 is 24.0 Å². The highest BCUT2D eigenvalue weighted by molar-refractivity contribution is 7.12. The van der Waals surface area contributed by atoms with Crippen molar-refractivity contribution in [1.29, 1.82) is 0 Å². The van der Waals surface area contributed by atoms with E-state index in [0.717, 1.165) is 0 Å². The molecule has 0 aromatic carbocycles. The smallest absolute Gasteiger partial charge is 0.326 e. The molecule has 7 heteroatoms. The Kier molecular flexibility index (Phi) is 6.17. The van der Waals surface area contributed by atoms with Gasteiger partial charge in [0, 0.05) is 0 Å². The van der Waals surface area contributed by atoms with Crippen molar-refractivity contribution in [1.82, 2.24) is 10.6 Å². The van der Waals surface area contributed by atoms with E-state index in [-0.39, 0.29) is 5.91 Å². The standard InChI is InChI=1S/C13H18N2O4S/c1-3-5-9(13(18)19)15-11(16)8(2)14-12(17)10-6-4-7-20-10/h4,6-9H,3,5H2,1-2H3,(H,14,17)(H,15,16)(H,18,19). The molecule has 110 valence electrons. The normalized spacial score (nSPS) is 13.3. The number of thiophene rings is 1. The molecule has 0 fully saturated rings. The molecule has 0 aliphatic heterocycles. The molecule has 0 radical (unpaired) electrons. The molecule has 1 rings (SSSR count). The molecule has 0 saturated carbocycles. The van der Waals surface area contributed by atoms with E-state index in [2.05, 4.69) is 10.6 Å². The average molecular weight is 298 g/mol. The first-order valence-electron chi connectivity index (χ1n) is 6.33. The predicted octanol–water partition coefficient (Wildman–Crippen LogP) is 1.24. The van der Waals surface area contributed by atoms with Gasteiger partial charge in [-0.2, -0.15) is 0 Å². The largest absolute Gasteiger partial charge is 0.480 e. The Balaban J connectivity index is 2.54. The molecule has 6 nitrogen and oxygen atoms in total. The van der Waals surface area contributed by atoms with Gasteiger partial charge in [-0.15, -0.1) is 11.3 Å². The number of rotatable bonds is 7. The van der Waals surface area contributed by atoms with Gasteiger partial charge >= 0.3 is 5.97 Å². The van der Waals surface area contributed by atoms with Gasteiger partial charge in [0.05, 0.1) is 4.88 Å². The first-order valence-corrected chi connectivity index (χ1v) is 7.21. The van der Waals surface area contributed by atoms with E-state index in [4.69, 9.17) is 5.11 Å². The number of carboxylic acids is 1. The molecule has 2 unspecified atom stereocenters. The average Bonchev–Trinajstić information content (AvgIpc) is 2.91. The number of carbonyl (C=O) groups is 3. The second-order valence-electron chi connectivity index (χ2n) is 4.36. The van der Waals surface area contributed by atoms with Gasteiger partial charge in [-0.25, -0.2) is 4.79 Å². The number of hydrogen-bond acceptors (Lipinski definition) is 4. The van der Waals surface area contributed by atoms with Gasteiger partial charge in [-0.1, -0.05) is 19.4 Å². The molecule has 0 aliphatic rings. The van der Waals surface area contributed by atoms with E-state index in [1.807, 2.05) is 6.92 Å². The zero-order valence-electron chi connectivity index (χ0n) is 11.4. The van der Waals surface area contributed by atoms with Crippen LogP contribution < -0.4 is 10.6 Å². The van der Waals surface area contributed by atoms with Gasteiger partial charge in [-0.05, 0) is 24.8 Å². The van der Waals surface area contributed by atoms with E-state index in [0.29, 0.717) is 17.7 Å². The summed E-state index contributed by atoms with van der Waals surface area (Å²) in [6.45, 7) is 3.36. The zero-order valence-corrected chi connectivity index (χ0v) is 12.2. The fourth-order valence-electron chi connectivity index (χ4n) is 1.58. The molecule has 2 atom stereocenters. The lowest BCUT2D eigenvalue weighted by Gasteiger charge is -2.18. The minimum absolute atomic E-state index is 0.343. The molecular weight excluding hydrogens is 280 g/mol. The Morgan fingerprint density at radius 3 is 2.55 bits per heavy atom. The maximum absolute atomic E-state index is 11.9. The van der Waals surface area contributed by atoms with Crippen molar-refractivity contribution in [2.24, 2.45) is 0 Å². The number of nitrogens with one attached hydrogen (secondary N) is 2. The molecule has 0 aliphatic carbocycles. The summed E-state index contributed by atoms with van der Waals surface area (Å²) in [4.78, 5) is 35.1. The molecule has 1 aromatic heterocycles. The number of carbonyl (C=O) groups excluding carboxylic acids is 2. The minimum atomic E-state index is -1.07. The molecule has 2 amide bonds. The van der Waals surface area contributed by atoms with Crippen molar-refractivity contribution < 1.29 is 19.5 Å². The van der Waals surface area contributed by atoms with E-state index in [1.54, 1.807) is 17.5 Å². The van der Waals surface area contributed by atoms with Crippen LogP contribution in [0.5, 0.6) is 0 Å². The molecule has 3 N–H and O–H groups in total. The summed E-state index contributed by atoms with van der Waals surface area (Å²) < 4.78 is 0. The molecular formula is C13H18N2O4S. The highest BCUT2D eigenvalue weighted by Crippen LogP contribution is 2.08. The van der Waals surface area contributed by atoms with Gasteiger partial charge in [-0.3, -0.25) is 9.59 Å². The summed E-state index contributed by atoms with van der Waals surface area (Å²) in [7, 11) is 0. The molecule has 0 saturated heterocycles. The number of amides is 2. The maximum Gasteiger partial charge on any atom is 0.326 e. The lowest BCUT2D eigenvalue weighted by molar-refractivity contribution is -0.142. The first-order chi connectivity index (χ1) is 9.45. The second-order valence-corrected chi connectivity index (χ2v) is 5.31. The van der Waals surface area contributed by atoms with Crippen LogP contribution >= 0.6 is 11.3 Å². The monoisotopic (exact) mass is 298 g/mol. The molecule has 1 aromatic rings. The van der Waals surface area contributed by atoms with Crippen LogP contribution in [0.2, 0.25) is 0 Å². The third kappa shape index (κ3) is 4.65. The van der Waals surface area contributed by atoms with Gasteiger partial charge in [0.25, 0.3) is 5.91 Å². The Hall–Kier alpha value is -1.89. The van der Waals surface area contributed by atoms with Crippen molar-refractivity contribution >= 4 is 29.1 Å². The van der Waals surface area contributed by atoms with Crippen LogP contribution in [0.15, 0.2) is 17.5 Å². The summed E-state index contributed by atoms with van der Waals surface area (Å²) in [5.74, 6) is -1.92. The van der Waals surface area contributed by atoms with Crippen LogP contribution in [-0.2, 0) is 9.59 Å². The van der Waals surface area contributed by atoms with E-state index >= 15 is 0 Å². The molecule has 0 bridgehead atoms. The quantitative estimate of drug-likeness (QED) is 0.705. The lowest BCUT2D eigenvalue weighted by atomic mass is 10.1. The maximum atomic E-state index is 11.9. The molecule has 0 spiro atoms. The SMILES string of the molecule is CCCC(NC(=O)C(C)NC(=O)c1cccs1)C(=O)O. The van der Waals surface area contributed by atoms with Crippen LogP contribution in [0.25, 0.3) is 0 Å². The number of aliphatic carboxylic acids is 1. The van der Waals surface area contributed by atoms with Crippen molar-refractivity contribution in [2.75, 3.05) is 0 Å². The Bertz CT molecular complexity index is 473. The topological polar surface area (TPSA) is 95.5 Å². The first kappa shape index (κ1) is 16.2. The zero-order chi connectivity index (χ0) is 15.1. The van der Waals surface area contributed by atoms with Gasteiger partial charge in [0.15, 0.2) is 0 Å². The number of carboxylic acid groups (broad SMARTS) is 1. The Labute approximate surface area is 121 Å². The third-order valence-electron chi connectivity index (χ3n) is 2.68. The summed E-state index contributed by atoms with van der Waals surface area (Å²) in [6, 6.07) is 1.69. The summed E-state index contributed by atoms with van der Waals surface area (Å²) >= 11 is 1.27. The van der Waals surface area contributed by atoms with Crippen molar-refractivity contribution in [3.8, 4) is 0 Å². The summed E-state index contributed by atoms with van der Waals surface area (Å²) in [5, 5.41) is 15.7. The van der Waals surface area contributed by atoms with Crippen LogP contribution in [0.1, 0.15) is 36.4 Å². The van der Waals surface area contributed by atoms with Crippen LogP contribution in [0.3, 0.4) is 0 Å². The van der Waals surface area contributed by atoms with Crippen molar-refractivity contribution in [3.05, 3.63) is 22.4 Å². The van der Waals surface area contributed by atoms with Crippen molar-refractivity contribution in [2.45, 2.75) is 38.8 Å². The predicted molar refractivity (Wildman–Crippen MR) is 75.7 cm³/mol. The van der Waals surface area contributed by atoms with E-state index in [9.17, 15) is 14.4 Å². The van der Waals surface area contributed by atoms with Crippen LogP contribution in [-0.4, -0.2) is 35.0 Å². The minimum Gasteiger partial charge on any atom is -0.480 e. The third-order valence-corrected chi connectivity index (χ3v) is 3.55. The van der Waals surface area contributed by atoms with E-state index in [1.165, 1.54) is 18.3 Å². The summed E-state index contributed by atoms with van der Waals surface area (Å²) in [6.07, 6.45) is 1.000. The van der Waals surface area contributed by atoms with Crippen LogP contribution in [0.4, 0.5) is 0 Å². The van der Waals surface area contributed by atoms with Gasteiger partial charge in [0.1, 0.15) is 12.1 Å².